The van der Waals surface area contributed by atoms with Crippen molar-refractivity contribution in [3.8, 4) is 0 Å². The van der Waals surface area contributed by atoms with Crippen LogP contribution in [0.5, 0.6) is 0 Å². The zero-order valence-electron chi connectivity index (χ0n) is 19.4. The highest BCUT2D eigenvalue weighted by molar-refractivity contribution is 7.89. The Morgan fingerprint density at radius 2 is 1.84 bits per heavy atom. The topological polar surface area (TPSA) is 87.7 Å². The zero-order chi connectivity index (χ0) is 23.3. The molecule has 2 unspecified atom stereocenters. The molecule has 0 bridgehead atoms. The number of benzene rings is 2. The van der Waals surface area contributed by atoms with E-state index in [1.807, 2.05) is 38.1 Å². The number of rotatable bonds is 9. The quantitative estimate of drug-likeness (QED) is 0.599. The molecular weight excluding hydrogens is 426 g/mol. The summed E-state index contributed by atoms with van der Waals surface area (Å²) in [5.41, 5.74) is 0. The van der Waals surface area contributed by atoms with E-state index in [0.717, 1.165) is 30.4 Å². The Balaban J connectivity index is 1.64. The van der Waals surface area contributed by atoms with E-state index in [2.05, 4.69) is 28.8 Å². The molecular formula is C24H35N3O4S. The third kappa shape index (κ3) is 6.51. The largest absolute Gasteiger partial charge is 0.374 e. The van der Waals surface area contributed by atoms with Crippen LogP contribution in [0.2, 0.25) is 0 Å². The third-order valence-electron chi connectivity index (χ3n) is 5.61. The SMILES string of the molecule is CC(C)CN1CCOC(CNC(=O)C(NS(=O)(=O)c2ccc3ccccc3c2)C(C)C)C1. The summed E-state index contributed by atoms with van der Waals surface area (Å²) in [5, 5.41) is 4.69. The predicted molar refractivity (Wildman–Crippen MR) is 127 cm³/mol. The van der Waals surface area contributed by atoms with Crippen LogP contribution < -0.4 is 10.0 Å². The van der Waals surface area contributed by atoms with Crippen molar-refractivity contribution < 1.29 is 17.9 Å². The van der Waals surface area contributed by atoms with Crippen LogP contribution in [-0.2, 0) is 19.6 Å². The van der Waals surface area contributed by atoms with Crippen molar-refractivity contribution in [3.63, 3.8) is 0 Å². The molecule has 8 heteroatoms. The number of nitrogens with zero attached hydrogens (tertiary/aromatic N) is 1. The molecule has 1 aliphatic heterocycles. The van der Waals surface area contributed by atoms with Gasteiger partial charge in [0.05, 0.1) is 17.6 Å². The van der Waals surface area contributed by atoms with E-state index in [-0.39, 0.29) is 22.8 Å². The lowest BCUT2D eigenvalue weighted by atomic mass is 10.0. The second-order valence-corrected chi connectivity index (χ2v) is 11.0. The number of nitrogens with one attached hydrogen (secondary N) is 2. The summed E-state index contributed by atoms with van der Waals surface area (Å²) in [6.07, 6.45) is -0.101. The highest BCUT2D eigenvalue weighted by atomic mass is 32.2. The lowest BCUT2D eigenvalue weighted by molar-refractivity contribution is -0.124. The lowest BCUT2D eigenvalue weighted by Gasteiger charge is -2.34. The average Bonchev–Trinajstić information content (AvgIpc) is 2.75. The molecule has 3 rings (SSSR count). The molecule has 1 amide bonds. The first kappa shape index (κ1) is 24.6. The van der Waals surface area contributed by atoms with Gasteiger partial charge in [-0.25, -0.2) is 8.42 Å². The number of amides is 1. The van der Waals surface area contributed by atoms with Gasteiger partial charge >= 0.3 is 0 Å². The summed E-state index contributed by atoms with van der Waals surface area (Å²) in [6, 6.07) is 11.7. The van der Waals surface area contributed by atoms with Crippen LogP contribution >= 0.6 is 0 Å². The summed E-state index contributed by atoms with van der Waals surface area (Å²) in [4.78, 5) is 15.4. The first-order valence-corrected chi connectivity index (χ1v) is 12.8. The second-order valence-electron chi connectivity index (χ2n) is 9.24. The number of fused-ring (bicyclic) bond motifs is 1. The maximum absolute atomic E-state index is 13.0. The van der Waals surface area contributed by atoms with Gasteiger partial charge in [0.15, 0.2) is 0 Å². The van der Waals surface area contributed by atoms with Crippen molar-refractivity contribution >= 4 is 26.7 Å². The Labute approximate surface area is 191 Å². The van der Waals surface area contributed by atoms with Crippen LogP contribution in [0.4, 0.5) is 0 Å². The number of ether oxygens (including phenoxy) is 1. The second kappa shape index (κ2) is 10.7. The summed E-state index contributed by atoms with van der Waals surface area (Å²) in [6.45, 7) is 11.7. The Morgan fingerprint density at radius 1 is 1.12 bits per heavy atom. The van der Waals surface area contributed by atoms with Crippen molar-refractivity contribution in [2.75, 3.05) is 32.8 Å². The normalized spacial score (nSPS) is 18.9. The van der Waals surface area contributed by atoms with E-state index in [9.17, 15) is 13.2 Å². The predicted octanol–water partition coefficient (Wildman–Crippen LogP) is 2.62. The molecule has 0 saturated carbocycles. The van der Waals surface area contributed by atoms with Gasteiger partial charge in [-0.05, 0) is 34.7 Å². The number of sulfonamides is 1. The van der Waals surface area contributed by atoms with E-state index in [0.29, 0.717) is 19.1 Å². The minimum atomic E-state index is -3.86. The summed E-state index contributed by atoms with van der Waals surface area (Å²) >= 11 is 0. The molecule has 1 fully saturated rings. The van der Waals surface area contributed by atoms with Crippen LogP contribution in [0.25, 0.3) is 10.8 Å². The molecule has 2 atom stereocenters. The number of carbonyl (C=O) groups excluding carboxylic acids is 1. The molecule has 32 heavy (non-hydrogen) atoms. The molecule has 1 heterocycles. The van der Waals surface area contributed by atoms with Gasteiger partial charge in [0.25, 0.3) is 0 Å². The first-order valence-electron chi connectivity index (χ1n) is 11.3. The van der Waals surface area contributed by atoms with E-state index in [1.54, 1.807) is 18.2 Å². The molecule has 2 aromatic rings. The highest BCUT2D eigenvalue weighted by Crippen LogP contribution is 2.20. The van der Waals surface area contributed by atoms with Crippen molar-refractivity contribution in [1.29, 1.82) is 0 Å². The Hall–Kier alpha value is -2.00. The monoisotopic (exact) mass is 461 g/mol. The molecule has 0 radical (unpaired) electrons. The van der Waals surface area contributed by atoms with Gasteiger partial charge in [0.2, 0.25) is 15.9 Å². The molecule has 1 aliphatic rings. The van der Waals surface area contributed by atoms with Crippen molar-refractivity contribution in [1.82, 2.24) is 14.9 Å². The Bertz CT molecular complexity index is 1020. The van der Waals surface area contributed by atoms with Gasteiger partial charge in [0, 0.05) is 26.2 Å². The standard InChI is InChI=1S/C24H35N3O4S/c1-17(2)15-27-11-12-31-21(16-27)14-25-24(28)23(18(3)4)26-32(29,30)22-10-9-19-7-5-6-8-20(19)13-22/h5-10,13,17-18,21,23,26H,11-12,14-16H2,1-4H3,(H,25,28). The van der Waals surface area contributed by atoms with Crippen LogP contribution in [0.15, 0.2) is 47.4 Å². The molecule has 2 N–H and O–H groups in total. The molecule has 0 spiro atoms. The summed E-state index contributed by atoms with van der Waals surface area (Å²) < 4.78 is 34.5. The number of morpholine rings is 1. The maximum Gasteiger partial charge on any atom is 0.241 e. The van der Waals surface area contributed by atoms with Gasteiger partial charge in [-0.1, -0.05) is 58.0 Å². The van der Waals surface area contributed by atoms with Gasteiger partial charge < -0.3 is 10.1 Å². The Kier molecular flexibility index (Phi) is 8.27. The first-order chi connectivity index (χ1) is 15.2. The van der Waals surface area contributed by atoms with Crippen LogP contribution in [-0.4, -0.2) is 64.2 Å². The maximum atomic E-state index is 13.0. The lowest BCUT2D eigenvalue weighted by Crippen LogP contribution is -2.53. The van der Waals surface area contributed by atoms with Gasteiger partial charge in [-0.15, -0.1) is 0 Å². The fourth-order valence-electron chi connectivity index (χ4n) is 3.97. The van der Waals surface area contributed by atoms with Crippen LogP contribution in [0.1, 0.15) is 27.7 Å². The number of hydrogen-bond donors (Lipinski definition) is 2. The van der Waals surface area contributed by atoms with Gasteiger partial charge in [-0.2, -0.15) is 4.72 Å². The van der Waals surface area contributed by atoms with E-state index in [1.165, 1.54) is 0 Å². The van der Waals surface area contributed by atoms with Crippen molar-refractivity contribution in [3.05, 3.63) is 42.5 Å². The fraction of sp³-hybridized carbons (Fsp3) is 0.542. The van der Waals surface area contributed by atoms with Gasteiger partial charge in [0.1, 0.15) is 6.04 Å². The molecule has 0 aliphatic carbocycles. The third-order valence-corrected chi connectivity index (χ3v) is 7.05. The average molecular weight is 462 g/mol. The minimum Gasteiger partial charge on any atom is -0.374 e. The fourth-order valence-corrected chi connectivity index (χ4v) is 5.35. The highest BCUT2D eigenvalue weighted by Gasteiger charge is 2.29. The van der Waals surface area contributed by atoms with Gasteiger partial charge in [-0.3, -0.25) is 9.69 Å². The molecule has 0 aromatic heterocycles. The smallest absolute Gasteiger partial charge is 0.241 e. The van der Waals surface area contributed by atoms with Crippen molar-refractivity contribution in [2.24, 2.45) is 11.8 Å². The minimum absolute atomic E-state index is 0.101. The van der Waals surface area contributed by atoms with E-state index in [4.69, 9.17) is 4.74 Å². The van der Waals surface area contributed by atoms with Crippen molar-refractivity contribution in [2.45, 2.75) is 44.7 Å². The number of hydrogen-bond acceptors (Lipinski definition) is 5. The zero-order valence-corrected chi connectivity index (χ0v) is 20.2. The number of carbonyl (C=O) groups is 1. The van der Waals surface area contributed by atoms with E-state index >= 15 is 0 Å². The summed E-state index contributed by atoms with van der Waals surface area (Å²) in [7, 11) is -3.86. The van der Waals surface area contributed by atoms with E-state index < -0.39 is 16.1 Å². The van der Waals surface area contributed by atoms with Crippen LogP contribution in [0.3, 0.4) is 0 Å². The molecule has 7 nitrogen and oxygen atoms in total. The van der Waals surface area contributed by atoms with Crippen LogP contribution in [0, 0.1) is 11.8 Å². The molecule has 176 valence electrons. The molecule has 1 saturated heterocycles. The molecule has 2 aromatic carbocycles. The Morgan fingerprint density at radius 3 is 2.53 bits per heavy atom. The summed E-state index contributed by atoms with van der Waals surface area (Å²) in [5.74, 6) is 0.0158.